The molecule has 1 aromatic carbocycles. The number of hydrogen-bond donors (Lipinski definition) is 1. The summed E-state index contributed by atoms with van der Waals surface area (Å²) in [5.41, 5.74) is 6.07. The fourth-order valence-electron chi connectivity index (χ4n) is 1.37. The lowest BCUT2D eigenvalue weighted by Crippen LogP contribution is -2.10. The molecule has 0 atom stereocenters. The van der Waals surface area contributed by atoms with Gasteiger partial charge in [-0.1, -0.05) is 12.2 Å². The topological polar surface area (TPSA) is 48.1 Å². The molecule has 2 rings (SSSR count). The van der Waals surface area contributed by atoms with Crippen molar-refractivity contribution < 1.29 is 4.74 Å². The van der Waals surface area contributed by atoms with Crippen LogP contribution in [0.4, 0.5) is 0 Å². The van der Waals surface area contributed by atoms with E-state index >= 15 is 0 Å². The maximum Gasteiger partial charge on any atom is 0.145 e. The van der Waals surface area contributed by atoms with Crippen LogP contribution in [0.2, 0.25) is 0 Å². The number of hydrogen-bond acceptors (Lipinski definition) is 4. The summed E-state index contributed by atoms with van der Waals surface area (Å²) >= 11 is 6.53. The Kier molecular flexibility index (Phi) is 4.17. The highest BCUT2D eigenvalue weighted by atomic mass is 32.2. The van der Waals surface area contributed by atoms with Crippen molar-refractivity contribution in [2.45, 2.75) is 4.90 Å². The van der Waals surface area contributed by atoms with Crippen molar-refractivity contribution in [2.75, 3.05) is 6.26 Å². The summed E-state index contributed by atoms with van der Waals surface area (Å²) in [4.78, 5) is 5.59. The molecule has 2 aromatic rings. The monoisotopic (exact) mass is 276 g/mol. The van der Waals surface area contributed by atoms with Gasteiger partial charge in [-0.2, -0.15) is 0 Å². The maximum atomic E-state index is 5.66. The van der Waals surface area contributed by atoms with Crippen molar-refractivity contribution >= 4 is 29.0 Å². The second kappa shape index (κ2) is 5.84. The van der Waals surface area contributed by atoms with Gasteiger partial charge in [0.25, 0.3) is 0 Å². The molecule has 0 unspecified atom stereocenters. The van der Waals surface area contributed by atoms with E-state index in [1.54, 1.807) is 30.1 Å². The number of thiocarbonyl (C=S) groups is 1. The Labute approximate surface area is 115 Å². The molecular weight excluding hydrogens is 264 g/mol. The van der Waals surface area contributed by atoms with Gasteiger partial charge in [0, 0.05) is 4.90 Å². The third-order valence-electron chi connectivity index (χ3n) is 2.28. The lowest BCUT2D eigenvalue weighted by atomic mass is 10.3. The molecule has 0 amide bonds. The normalized spacial score (nSPS) is 10.1. The fourth-order valence-corrected chi connectivity index (χ4v) is 1.90. The molecule has 0 fully saturated rings. The van der Waals surface area contributed by atoms with Crippen molar-refractivity contribution in [3.05, 3.63) is 48.3 Å². The standard InChI is InChI=1S/C13H12N2OS2/c1-18-11-5-2-9(3-6-11)16-10-4-7-12(13(14)17)15-8-10/h2-8H,1H3,(H2,14,17). The van der Waals surface area contributed by atoms with Crippen LogP contribution < -0.4 is 10.5 Å². The van der Waals surface area contributed by atoms with Crippen molar-refractivity contribution in [1.29, 1.82) is 0 Å². The van der Waals surface area contributed by atoms with Gasteiger partial charge in [-0.05, 0) is 42.7 Å². The lowest BCUT2D eigenvalue weighted by Gasteiger charge is -2.06. The number of aromatic nitrogens is 1. The molecule has 18 heavy (non-hydrogen) atoms. The van der Waals surface area contributed by atoms with Gasteiger partial charge in [-0.3, -0.25) is 0 Å². The molecule has 0 radical (unpaired) electrons. The molecule has 0 saturated carbocycles. The molecule has 92 valence electrons. The number of nitrogens with two attached hydrogens (primary N) is 1. The summed E-state index contributed by atoms with van der Waals surface area (Å²) in [5, 5.41) is 0. The van der Waals surface area contributed by atoms with Gasteiger partial charge < -0.3 is 10.5 Å². The highest BCUT2D eigenvalue weighted by Gasteiger charge is 2.01. The van der Waals surface area contributed by atoms with E-state index in [0.29, 0.717) is 11.4 Å². The van der Waals surface area contributed by atoms with Crippen LogP contribution >= 0.6 is 24.0 Å². The van der Waals surface area contributed by atoms with Gasteiger partial charge in [0.1, 0.15) is 16.5 Å². The molecule has 0 aliphatic heterocycles. The van der Waals surface area contributed by atoms with Crippen LogP contribution in [0.25, 0.3) is 0 Å². The number of nitrogens with zero attached hydrogens (tertiary/aromatic N) is 1. The number of rotatable bonds is 4. The summed E-state index contributed by atoms with van der Waals surface area (Å²) in [6.45, 7) is 0. The summed E-state index contributed by atoms with van der Waals surface area (Å²) < 4.78 is 5.66. The summed E-state index contributed by atoms with van der Waals surface area (Å²) in [6.07, 6.45) is 3.64. The van der Waals surface area contributed by atoms with Crippen LogP contribution in [0.1, 0.15) is 5.69 Å². The predicted octanol–water partition coefficient (Wildman–Crippen LogP) is 3.23. The minimum atomic E-state index is 0.283. The van der Waals surface area contributed by atoms with E-state index in [1.807, 2.05) is 30.5 Å². The maximum absolute atomic E-state index is 5.66. The second-order valence-electron chi connectivity index (χ2n) is 3.52. The molecule has 0 spiro atoms. The fraction of sp³-hybridized carbons (Fsp3) is 0.0769. The van der Waals surface area contributed by atoms with Gasteiger partial charge in [-0.25, -0.2) is 4.98 Å². The predicted molar refractivity (Wildman–Crippen MR) is 78.4 cm³/mol. The smallest absolute Gasteiger partial charge is 0.145 e. The van der Waals surface area contributed by atoms with E-state index in [0.717, 1.165) is 5.75 Å². The number of pyridine rings is 1. The Hall–Kier alpha value is -1.59. The average Bonchev–Trinajstić information content (AvgIpc) is 2.40. The van der Waals surface area contributed by atoms with Crippen molar-refractivity contribution in [2.24, 2.45) is 5.73 Å². The first-order chi connectivity index (χ1) is 8.69. The zero-order chi connectivity index (χ0) is 13.0. The van der Waals surface area contributed by atoms with E-state index in [1.165, 1.54) is 4.90 Å². The summed E-state index contributed by atoms with van der Waals surface area (Å²) in [6, 6.07) is 11.4. The number of ether oxygens (including phenoxy) is 1. The number of thioether (sulfide) groups is 1. The summed E-state index contributed by atoms with van der Waals surface area (Å²) in [7, 11) is 0. The third-order valence-corrected chi connectivity index (χ3v) is 3.24. The third kappa shape index (κ3) is 3.21. The number of benzene rings is 1. The van der Waals surface area contributed by atoms with Crippen molar-refractivity contribution in [3.8, 4) is 11.5 Å². The van der Waals surface area contributed by atoms with Gasteiger partial charge in [0.15, 0.2) is 0 Å². The Morgan fingerprint density at radius 1 is 1.17 bits per heavy atom. The van der Waals surface area contributed by atoms with Crippen LogP contribution in [0.3, 0.4) is 0 Å². The average molecular weight is 276 g/mol. The molecule has 1 aromatic heterocycles. The van der Waals surface area contributed by atoms with Crippen LogP contribution in [-0.4, -0.2) is 16.2 Å². The van der Waals surface area contributed by atoms with Crippen LogP contribution in [0, 0.1) is 0 Å². The molecule has 0 saturated heterocycles. The zero-order valence-corrected chi connectivity index (χ0v) is 11.4. The minimum absolute atomic E-state index is 0.283. The molecule has 3 nitrogen and oxygen atoms in total. The Bertz CT molecular complexity index is 538. The quantitative estimate of drug-likeness (QED) is 0.686. The van der Waals surface area contributed by atoms with Gasteiger partial charge in [0.2, 0.25) is 0 Å². The first kappa shape index (κ1) is 12.9. The van der Waals surface area contributed by atoms with E-state index in [4.69, 9.17) is 22.7 Å². The molecule has 5 heteroatoms. The van der Waals surface area contributed by atoms with Gasteiger partial charge in [0.05, 0.1) is 11.9 Å². The first-order valence-electron chi connectivity index (χ1n) is 5.27. The van der Waals surface area contributed by atoms with Crippen molar-refractivity contribution in [1.82, 2.24) is 4.98 Å². The van der Waals surface area contributed by atoms with Crippen LogP contribution in [0.5, 0.6) is 11.5 Å². The van der Waals surface area contributed by atoms with Crippen molar-refractivity contribution in [3.63, 3.8) is 0 Å². The van der Waals surface area contributed by atoms with E-state index in [9.17, 15) is 0 Å². The van der Waals surface area contributed by atoms with E-state index in [2.05, 4.69) is 4.98 Å². The highest BCUT2D eigenvalue weighted by Crippen LogP contribution is 2.23. The van der Waals surface area contributed by atoms with Crippen LogP contribution in [0.15, 0.2) is 47.5 Å². The minimum Gasteiger partial charge on any atom is -0.456 e. The molecule has 0 aliphatic rings. The molecule has 1 heterocycles. The van der Waals surface area contributed by atoms with E-state index in [-0.39, 0.29) is 4.99 Å². The first-order valence-corrected chi connectivity index (χ1v) is 6.90. The molecular formula is C13H12N2OS2. The zero-order valence-electron chi connectivity index (χ0n) is 9.79. The van der Waals surface area contributed by atoms with E-state index < -0.39 is 0 Å². The lowest BCUT2D eigenvalue weighted by molar-refractivity contribution is 0.480. The summed E-state index contributed by atoms with van der Waals surface area (Å²) in [5.74, 6) is 1.43. The molecule has 0 bridgehead atoms. The van der Waals surface area contributed by atoms with Gasteiger partial charge >= 0.3 is 0 Å². The highest BCUT2D eigenvalue weighted by molar-refractivity contribution is 7.98. The largest absolute Gasteiger partial charge is 0.456 e. The Balaban J connectivity index is 2.10. The molecule has 2 N–H and O–H groups in total. The SMILES string of the molecule is CSc1ccc(Oc2ccc(C(N)=S)nc2)cc1. The molecule has 0 aliphatic carbocycles. The Morgan fingerprint density at radius 3 is 2.33 bits per heavy atom. The van der Waals surface area contributed by atoms with Crippen LogP contribution in [-0.2, 0) is 0 Å². The second-order valence-corrected chi connectivity index (χ2v) is 4.84. The van der Waals surface area contributed by atoms with Gasteiger partial charge in [-0.15, -0.1) is 11.8 Å². The Morgan fingerprint density at radius 2 is 1.83 bits per heavy atom.